The van der Waals surface area contributed by atoms with Crippen LogP contribution in [0.1, 0.15) is 6.92 Å². The van der Waals surface area contributed by atoms with Gasteiger partial charge in [0.05, 0.1) is 12.3 Å². The number of ether oxygens (including phenoxy) is 1. The van der Waals surface area contributed by atoms with E-state index in [2.05, 4.69) is 25.5 Å². The van der Waals surface area contributed by atoms with Crippen molar-refractivity contribution in [3.8, 4) is 0 Å². The summed E-state index contributed by atoms with van der Waals surface area (Å²) in [5, 5.41) is 12.2. The van der Waals surface area contributed by atoms with Crippen molar-refractivity contribution in [3.05, 3.63) is 29.3 Å². The smallest absolute Gasteiger partial charge is 0.325 e. The predicted octanol–water partition coefficient (Wildman–Crippen LogP) is 3.65. The van der Waals surface area contributed by atoms with Crippen molar-refractivity contribution in [2.24, 2.45) is 10.2 Å². The summed E-state index contributed by atoms with van der Waals surface area (Å²) in [4.78, 5) is 24.3. The third-order valence-electron chi connectivity index (χ3n) is 3.48. The van der Waals surface area contributed by atoms with Gasteiger partial charge >= 0.3 is 5.97 Å². The molecule has 1 aromatic heterocycles. The average Bonchev–Trinajstić information content (AvgIpc) is 2.65. The number of nitrogens with zero attached hydrogens (tertiary/aromatic N) is 6. The first-order chi connectivity index (χ1) is 13.3. The molecule has 28 heavy (non-hydrogen) atoms. The number of halogens is 1. The normalized spacial score (nSPS) is 10.8. The molecule has 0 saturated heterocycles. The molecule has 1 aromatic carbocycles. The Labute approximate surface area is 169 Å². The summed E-state index contributed by atoms with van der Waals surface area (Å²) in [6.45, 7) is 2.01. The van der Waals surface area contributed by atoms with Crippen LogP contribution in [0, 0.1) is 0 Å². The second-order valence-electron chi connectivity index (χ2n) is 6.17. The van der Waals surface area contributed by atoms with Crippen molar-refractivity contribution >= 4 is 46.5 Å². The molecular formula is C18H24ClN7O2. The molecule has 2 rings (SSSR count). The van der Waals surface area contributed by atoms with Crippen LogP contribution in [0.25, 0.3) is 0 Å². The molecule has 0 spiro atoms. The zero-order valence-corrected chi connectivity index (χ0v) is 17.4. The minimum absolute atomic E-state index is 0.0476. The Hall–Kier alpha value is -2.94. The van der Waals surface area contributed by atoms with Crippen LogP contribution in [-0.4, -0.2) is 57.3 Å². The first-order valence-corrected chi connectivity index (χ1v) is 9.03. The number of anilines is 3. The lowest BCUT2D eigenvalue weighted by molar-refractivity contribution is -0.140. The molecule has 0 aliphatic rings. The monoisotopic (exact) mass is 405 g/mol. The highest BCUT2D eigenvalue weighted by molar-refractivity contribution is 6.30. The molecule has 0 fully saturated rings. The van der Waals surface area contributed by atoms with E-state index in [1.807, 2.05) is 28.2 Å². The van der Waals surface area contributed by atoms with Crippen LogP contribution < -0.4 is 15.1 Å². The molecule has 150 valence electrons. The van der Waals surface area contributed by atoms with Crippen molar-refractivity contribution in [3.63, 3.8) is 0 Å². The van der Waals surface area contributed by atoms with E-state index in [9.17, 15) is 4.79 Å². The fourth-order valence-electron chi connectivity index (χ4n) is 2.14. The number of aromatic nitrogens is 2. The van der Waals surface area contributed by atoms with Gasteiger partial charge in [0, 0.05) is 33.2 Å². The molecule has 0 unspecified atom stereocenters. The van der Waals surface area contributed by atoms with E-state index in [4.69, 9.17) is 16.3 Å². The van der Waals surface area contributed by atoms with Crippen LogP contribution in [0.15, 0.2) is 34.5 Å². The predicted molar refractivity (Wildman–Crippen MR) is 111 cm³/mol. The van der Waals surface area contributed by atoms with Gasteiger partial charge < -0.3 is 19.9 Å². The third-order valence-corrected chi connectivity index (χ3v) is 3.73. The maximum Gasteiger partial charge on any atom is 0.325 e. The molecule has 0 atom stereocenters. The number of carbonyl (C=O) groups is 1. The lowest BCUT2D eigenvalue weighted by atomic mass is 10.3. The highest BCUT2D eigenvalue weighted by Gasteiger charge is 2.18. The first-order valence-electron chi connectivity index (χ1n) is 8.65. The van der Waals surface area contributed by atoms with Crippen LogP contribution in [0.3, 0.4) is 0 Å². The Morgan fingerprint density at radius 3 is 2.36 bits per heavy atom. The van der Waals surface area contributed by atoms with Crippen molar-refractivity contribution in [2.45, 2.75) is 6.92 Å². The minimum atomic E-state index is -0.389. The molecule has 1 N–H and O–H groups in total. The standard InChI is InChI=1S/C18H24ClN7O2/c1-6-28-14(27)11-20-16-15(24-23-13-9-7-12(19)8-10-13)17(25(2)3)22-18(21-16)26(4)5/h7-10H,6,11H2,1-5H3,(H,20,21,22). The van der Waals surface area contributed by atoms with Gasteiger partial charge in [0.1, 0.15) is 6.54 Å². The summed E-state index contributed by atoms with van der Waals surface area (Å²) in [6, 6.07) is 6.96. The molecule has 0 amide bonds. The van der Waals surface area contributed by atoms with Crippen molar-refractivity contribution < 1.29 is 9.53 Å². The summed E-state index contributed by atoms with van der Waals surface area (Å²) >= 11 is 5.91. The quantitative estimate of drug-likeness (QED) is 0.529. The Morgan fingerprint density at radius 1 is 1.11 bits per heavy atom. The van der Waals surface area contributed by atoms with Gasteiger partial charge in [0.2, 0.25) is 5.95 Å². The van der Waals surface area contributed by atoms with E-state index < -0.39 is 0 Å². The van der Waals surface area contributed by atoms with Crippen molar-refractivity contribution in [2.75, 3.05) is 56.5 Å². The van der Waals surface area contributed by atoms with E-state index in [1.54, 1.807) is 41.0 Å². The van der Waals surface area contributed by atoms with Crippen molar-refractivity contribution in [1.82, 2.24) is 9.97 Å². The van der Waals surface area contributed by atoms with Gasteiger partial charge in [0.15, 0.2) is 17.3 Å². The highest BCUT2D eigenvalue weighted by atomic mass is 35.5. The molecule has 1 heterocycles. The fourth-order valence-corrected chi connectivity index (χ4v) is 2.27. The molecule has 2 aromatic rings. The van der Waals surface area contributed by atoms with E-state index in [0.29, 0.717) is 40.6 Å². The van der Waals surface area contributed by atoms with Crippen LogP contribution in [0.4, 0.5) is 29.0 Å². The molecule has 0 bridgehead atoms. The molecule has 10 heteroatoms. The molecule has 9 nitrogen and oxygen atoms in total. The summed E-state index contributed by atoms with van der Waals surface area (Å²) < 4.78 is 4.97. The number of hydrogen-bond acceptors (Lipinski definition) is 9. The molecule has 0 radical (unpaired) electrons. The Kier molecular flexibility index (Phi) is 7.51. The second-order valence-corrected chi connectivity index (χ2v) is 6.60. The van der Waals surface area contributed by atoms with E-state index >= 15 is 0 Å². The Balaban J connectivity index is 2.45. The number of carbonyl (C=O) groups excluding carboxylic acids is 1. The zero-order valence-electron chi connectivity index (χ0n) is 16.6. The Bertz CT molecular complexity index is 839. The van der Waals surface area contributed by atoms with Gasteiger partial charge in [-0.25, -0.2) is 0 Å². The maximum atomic E-state index is 11.8. The lowest BCUT2D eigenvalue weighted by Gasteiger charge is -2.20. The second kappa shape index (κ2) is 9.84. The molecule has 0 aliphatic carbocycles. The minimum Gasteiger partial charge on any atom is -0.465 e. The largest absolute Gasteiger partial charge is 0.465 e. The SMILES string of the molecule is CCOC(=O)CNc1nc(N(C)C)nc(N(C)C)c1N=Nc1ccc(Cl)cc1. The van der Waals surface area contributed by atoms with Gasteiger partial charge in [0.25, 0.3) is 0 Å². The summed E-state index contributed by atoms with van der Waals surface area (Å²) in [7, 11) is 7.36. The lowest BCUT2D eigenvalue weighted by Crippen LogP contribution is -2.21. The summed E-state index contributed by atoms with van der Waals surface area (Å²) in [6.07, 6.45) is 0. The van der Waals surface area contributed by atoms with Crippen LogP contribution in [-0.2, 0) is 9.53 Å². The average molecular weight is 406 g/mol. The van der Waals surface area contributed by atoms with Gasteiger partial charge in [-0.05, 0) is 31.2 Å². The topological polar surface area (TPSA) is 95.3 Å². The van der Waals surface area contributed by atoms with Crippen molar-refractivity contribution in [1.29, 1.82) is 0 Å². The third kappa shape index (κ3) is 5.78. The van der Waals surface area contributed by atoms with Crippen LogP contribution >= 0.6 is 11.6 Å². The molecular weight excluding hydrogens is 382 g/mol. The number of benzene rings is 1. The van der Waals surface area contributed by atoms with E-state index in [1.165, 1.54) is 0 Å². The Morgan fingerprint density at radius 2 is 1.79 bits per heavy atom. The number of esters is 1. The summed E-state index contributed by atoms with van der Waals surface area (Å²) in [5.74, 6) is 1.02. The zero-order chi connectivity index (χ0) is 20.7. The first kappa shape index (κ1) is 21.4. The van der Waals surface area contributed by atoms with E-state index in [-0.39, 0.29) is 12.5 Å². The number of rotatable bonds is 8. The van der Waals surface area contributed by atoms with Gasteiger partial charge in [-0.2, -0.15) is 15.1 Å². The fraction of sp³-hybridized carbons (Fsp3) is 0.389. The van der Waals surface area contributed by atoms with E-state index in [0.717, 1.165) is 0 Å². The number of nitrogens with one attached hydrogen (secondary N) is 1. The number of azo groups is 1. The molecule has 0 aliphatic heterocycles. The molecule has 0 saturated carbocycles. The van der Waals surface area contributed by atoms with Gasteiger partial charge in [-0.3, -0.25) is 4.79 Å². The summed E-state index contributed by atoms with van der Waals surface area (Å²) in [5.41, 5.74) is 1.04. The van der Waals surface area contributed by atoms with Gasteiger partial charge in [-0.15, -0.1) is 5.11 Å². The van der Waals surface area contributed by atoms with Gasteiger partial charge in [-0.1, -0.05) is 11.6 Å². The number of hydrogen-bond donors (Lipinski definition) is 1. The maximum absolute atomic E-state index is 11.8. The highest BCUT2D eigenvalue weighted by Crippen LogP contribution is 2.35. The van der Waals surface area contributed by atoms with Crippen LogP contribution in [0.2, 0.25) is 5.02 Å². The van der Waals surface area contributed by atoms with Crippen LogP contribution in [0.5, 0.6) is 0 Å².